The molecule has 0 bridgehead atoms. The molecule has 6 heteroatoms. The van der Waals surface area contributed by atoms with Gasteiger partial charge >= 0.3 is 17.9 Å². The molecule has 1 atom stereocenters. The molecule has 0 amide bonds. The number of carbonyl (C=O) groups excluding carboxylic acids is 3. The van der Waals surface area contributed by atoms with Gasteiger partial charge in [-0.1, -0.05) is 295 Å². The summed E-state index contributed by atoms with van der Waals surface area (Å²) in [5.74, 6) is -0.997. The maximum atomic E-state index is 12.9. The second-order valence-electron chi connectivity index (χ2n) is 20.9. The van der Waals surface area contributed by atoms with Crippen molar-refractivity contribution < 1.29 is 28.6 Å². The van der Waals surface area contributed by atoms with Gasteiger partial charge in [-0.3, -0.25) is 14.4 Å². The third-order valence-electron chi connectivity index (χ3n) is 13.4. The third kappa shape index (κ3) is 64.0. The summed E-state index contributed by atoms with van der Waals surface area (Å²) >= 11 is 0. The van der Waals surface area contributed by atoms with Gasteiger partial charge in [0, 0.05) is 19.3 Å². The number of unbranched alkanes of at least 4 members (excludes halogenated alkanes) is 22. The molecule has 0 heterocycles. The van der Waals surface area contributed by atoms with Crippen LogP contribution < -0.4 is 0 Å². The Labute approximate surface area is 487 Å². The lowest BCUT2D eigenvalue weighted by molar-refractivity contribution is -0.166. The molecular weight excluding hydrogens is 973 g/mol. The van der Waals surface area contributed by atoms with Gasteiger partial charge in [0.25, 0.3) is 0 Å². The summed E-state index contributed by atoms with van der Waals surface area (Å²) in [6.07, 6.45) is 94.5. The average Bonchev–Trinajstić information content (AvgIpc) is 3.45. The molecule has 0 fully saturated rings. The second-order valence-corrected chi connectivity index (χ2v) is 20.9. The molecule has 0 aromatic carbocycles. The summed E-state index contributed by atoms with van der Waals surface area (Å²) < 4.78 is 16.8. The fourth-order valence-electron chi connectivity index (χ4n) is 8.59. The van der Waals surface area contributed by atoms with Crippen molar-refractivity contribution in [3.05, 3.63) is 146 Å². The molecule has 0 rings (SSSR count). The van der Waals surface area contributed by atoms with E-state index in [4.69, 9.17) is 14.2 Å². The Morgan fingerprint density at radius 1 is 0.266 bits per heavy atom. The number of ether oxygens (including phenoxy) is 3. The van der Waals surface area contributed by atoms with E-state index in [1.54, 1.807) is 0 Å². The van der Waals surface area contributed by atoms with Crippen LogP contribution in [0.1, 0.15) is 278 Å². The van der Waals surface area contributed by atoms with E-state index < -0.39 is 12.1 Å². The van der Waals surface area contributed by atoms with Crippen LogP contribution >= 0.6 is 0 Å². The predicted molar refractivity (Wildman–Crippen MR) is 343 cm³/mol. The first-order valence-corrected chi connectivity index (χ1v) is 32.3. The molecule has 0 radical (unpaired) electrons. The number of hydrogen-bond donors (Lipinski definition) is 0. The largest absolute Gasteiger partial charge is 0.462 e. The molecule has 0 N–H and O–H groups in total. The number of carbonyl (C=O) groups is 3. The van der Waals surface area contributed by atoms with Crippen molar-refractivity contribution in [1.29, 1.82) is 0 Å². The zero-order chi connectivity index (χ0) is 57.1. The SMILES string of the molecule is CC/C=C\C/C=C\C/C=C\C/C=C\C/C=C\C/C=C\CCCCCCCCCCCCCCC(=O)OCC(COC(=O)CCCCCCCCCCCCC)OC(=O)CC/C=C\C/C=C\C/C=C\C/C=C\C/C=C\C/C=C\CC. The first-order valence-electron chi connectivity index (χ1n) is 32.3. The molecule has 0 aliphatic heterocycles. The van der Waals surface area contributed by atoms with Gasteiger partial charge in [0.1, 0.15) is 13.2 Å². The van der Waals surface area contributed by atoms with Crippen molar-refractivity contribution in [3.8, 4) is 0 Å². The summed E-state index contributed by atoms with van der Waals surface area (Å²) in [7, 11) is 0. The third-order valence-corrected chi connectivity index (χ3v) is 13.4. The maximum Gasteiger partial charge on any atom is 0.306 e. The lowest BCUT2D eigenvalue weighted by atomic mass is 10.0. The monoisotopic (exact) mass is 1090 g/mol. The zero-order valence-electron chi connectivity index (χ0n) is 51.1. The molecule has 79 heavy (non-hydrogen) atoms. The highest BCUT2D eigenvalue weighted by Gasteiger charge is 2.19. The Kier molecular flexibility index (Phi) is 61.9. The van der Waals surface area contributed by atoms with Gasteiger partial charge in [-0.2, -0.15) is 0 Å². The zero-order valence-corrected chi connectivity index (χ0v) is 51.1. The fourth-order valence-corrected chi connectivity index (χ4v) is 8.59. The van der Waals surface area contributed by atoms with E-state index in [-0.39, 0.29) is 31.6 Å². The van der Waals surface area contributed by atoms with Crippen LogP contribution in [0.15, 0.2) is 146 Å². The van der Waals surface area contributed by atoms with Crippen LogP contribution in [0, 0.1) is 0 Å². The first kappa shape index (κ1) is 74.3. The number of esters is 3. The molecule has 6 nitrogen and oxygen atoms in total. The lowest BCUT2D eigenvalue weighted by Crippen LogP contribution is -2.30. The minimum Gasteiger partial charge on any atom is -0.462 e. The van der Waals surface area contributed by atoms with E-state index in [2.05, 4.69) is 161 Å². The van der Waals surface area contributed by atoms with Gasteiger partial charge in [0.05, 0.1) is 0 Å². The number of rotatable bonds is 57. The Bertz CT molecular complexity index is 1730. The van der Waals surface area contributed by atoms with Crippen molar-refractivity contribution in [3.63, 3.8) is 0 Å². The molecule has 0 spiro atoms. The summed E-state index contributed by atoms with van der Waals surface area (Å²) in [4.78, 5) is 38.2. The number of hydrogen-bond acceptors (Lipinski definition) is 6. The van der Waals surface area contributed by atoms with E-state index in [9.17, 15) is 14.4 Å². The van der Waals surface area contributed by atoms with Crippen molar-refractivity contribution in [2.24, 2.45) is 0 Å². The Morgan fingerprint density at radius 3 is 0.823 bits per heavy atom. The maximum absolute atomic E-state index is 12.9. The molecule has 446 valence electrons. The minimum absolute atomic E-state index is 0.110. The van der Waals surface area contributed by atoms with Crippen LogP contribution in [0.25, 0.3) is 0 Å². The molecule has 0 aromatic heterocycles. The molecule has 0 aliphatic rings. The molecule has 0 aromatic rings. The van der Waals surface area contributed by atoms with Crippen molar-refractivity contribution in [1.82, 2.24) is 0 Å². The van der Waals surface area contributed by atoms with Crippen LogP contribution in [0.2, 0.25) is 0 Å². The minimum atomic E-state index is -0.823. The lowest BCUT2D eigenvalue weighted by Gasteiger charge is -2.18. The fraction of sp³-hybridized carbons (Fsp3) is 0.630. The quantitative estimate of drug-likeness (QED) is 0.0261. The second kappa shape index (κ2) is 65.8. The van der Waals surface area contributed by atoms with Gasteiger partial charge in [-0.25, -0.2) is 0 Å². The van der Waals surface area contributed by atoms with E-state index in [1.807, 2.05) is 6.08 Å². The molecule has 0 aliphatic carbocycles. The molecule has 1 unspecified atom stereocenters. The summed E-state index contributed by atoms with van der Waals surface area (Å²) in [6, 6.07) is 0. The number of allylic oxidation sites excluding steroid dienone is 24. The van der Waals surface area contributed by atoms with E-state index in [1.165, 1.54) is 116 Å². The van der Waals surface area contributed by atoms with Crippen molar-refractivity contribution in [2.75, 3.05) is 13.2 Å². The van der Waals surface area contributed by atoms with Crippen molar-refractivity contribution >= 4 is 17.9 Å². The van der Waals surface area contributed by atoms with Crippen LogP contribution in [0.4, 0.5) is 0 Å². The smallest absolute Gasteiger partial charge is 0.306 e. The Hall–Kier alpha value is -4.71. The Morgan fingerprint density at radius 2 is 0.519 bits per heavy atom. The van der Waals surface area contributed by atoms with Gasteiger partial charge in [-0.05, 0) is 109 Å². The van der Waals surface area contributed by atoms with Gasteiger partial charge in [-0.15, -0.1) is 0 Å². The molecular formula is C73H118O6. The highest BCUT2D eigenvalue weighted by Crippen LogP contribution is 2.15. The summed E-state index contributed by atoms with van der Waals surface area (Å²) in [6.45, 7) is 6.35. The van der Waals surface area contributed by atoms with E-state index in [0.29, 0.717) is 19.3 Å². The normalized spacial score (nSPS) is 13.1. The van der Waals surface area contributed by atoms with Crippen molar-refractivity contribution in [2.45, 2.75) is 284 Å². The summed E-state index contributed by atoms with van der Waals surface area (Å²) in [5.41, 5.74) is 0. The van der Waals surface area contributed by atoms with Crippen LogP contribution in [-0.4, -0.2) is 37.2 Å². The highest BCUT2D eigenvalue weighted by atomic mass is 16.6. The topological polar surface area (TPSA) is 78.9 Å². The highest BCUT2D eigenvalue weighted by molar-refractivity contribution is 5.71. The standard InChI is InChI=1S/C73H118O6/c1-4-7-10-13-16-19-22-24-26-28-30-31-32-33-34-35-36-37-38-39-40-41-43-44-46-48-51-54-57-60-63-66-72(75)78-69-70(68-77-71(74)65-62-59-56-53-50-21-18-15-12-9-6-3)79-73(76)67-64-61-58-55-52-49-47-45-42-29-27-25-23-20-17-14-11-8-5-2/h7-8,10-11,16-17,19-20,24-27,30-31,33-34,36-37,42,45,49,52,58,61,70H,4-6,9,12-15,18,21-23,28-29,32,35,38-41,43-44,46-48,50-51,53-57,59-60,62-69H2,1-3H3/b10-7-,11-8-,19-16-,20-17-,26-24-,27-25-,31-30-,34-33-,37-36-,45-42-,52-49-,61-58-. The molecule has 0 saturated carbocycles. The summed E-state index contributed by atoms with van der Waals surface area (Å²) in [5, 5.41) is 0. The van der Waals surface area contributed by atoms with E-state index in [0.717, 1.165) is 116 Å². The average molecular weight is 1090 g/mol. The van der Waals surface area contributed by atoms with Crippen LogP contribution in [-0.2, 0) is 28.6 Å². The molecule has 0 saturated heterocycles. The van der Waals surface area contributed by atoms with Gasteiger partial charge in [0.2, 0.25) is 0 Å². The first-order chi connectivity index (χ1) is 39.0. The Balaban J connectivity index is 4.32. The van der Waals surface area contributed by atoms with Crippen LogP contribution in [0.5, 0.6) is 0 Å². The van der Waals surface area contributed by atoms with Crippen LogP contribution in [0.3, 0.4) is 0 Å². The predicted octanol–water partition coefficient (Wildman–Crippen LogP) is 22.3. The van der Waals surface area contributed by atoms with Gasteiger partial charge < -0.3 is 14.2 Å². The van der Waals surface area contributed by atoms with E-state index >= 15 is 0 Å². The van der Waals surface area contributed by atoms with Gasteiger partial charge in [0.15, 0.2) is 6.10 Å².